The van der Waals surface area contributed by atoms with Gasteiger partial charge in [-0.2, -0.15) is 0 Å². The van der Waals surface area contributed by atoms with Crippen LogP contribution in [0.4, 0.5) is 8.78 Å². The monoisotopic (exact) mass is 363 g/mol. The minimum Gasteiger partial charge on any atom is -0.454 e. The van der Waals surface area contributed by atoms with Gasteiger partial charge in [0.15, 0.2) is 11.5 Å². The molecule has 5 rings (SSSR count). The number of ether oxygens (including phenoxy) is 2. The molecular formula is C16H11F2N3O3S. The molecule has 3 heterocycles. The maximum absolute atomic E-state index is 13.0. The van der Waals surface area contributed by atoms with E-state index in [2.05, 4.69) is 15.2 Å². The van der Waals surface area contributed by atoms with E-state index < -0.39 is 5.92 Å². The molecule has 1 saturated carbocycles. The molecule has 0 radical (unpaired) electrons. The lowest BCUT2D eigenvalue weighted by atomic mass is 9.81. The molecule has 0 unspecified atom stereocenters. The second kappa shape index (κ2) is 5.22. The van der Waals surface area contributed by atoms with Gasteiger partial charge in [0, 0.05) is 29.7 Å². The van der Waals surface area contributed by atoms with Gasteiger partial charge in [-0.05, 0) is 18.2 Å². The highest BCUT2D eigenvalue weighted by molar-refractivity contribution is 7.13. The van der Waals surface area contributed by atoms with Crippen molar-refractivity contribution in [2.45, 2.75) is 24.7 Å². The van der Waals surface area contributed by atoms with Crippen LogP contribution in [0, 0.1) is 0 Å². The van der Waals surface area contributed by atoms with Gasteiger partial charge in [0.1, 0.15) is 10.7 Å². The minimum absolute atomic E-state index is 0.215. The van der Waals surface area contributed by atoms with Crippen molar-refractivity contribution >= 4 is 11.3 Å². The van der Waals surface area contributed by atoms with Crippen molar-refractivity contribution in [2.24, 2.45) is 0 Å². The lowest BCUT2D eigenvalue weighted by Crippen LogP contribution is -2.33. The van der Waals surface area contributed by atoms with E-state index in [1.54, 1.807) is 5.38 Å². The summed E-state index contributed by atoms with van der Waals surface area (Å²) in [6, 6.07) is 5.59. The summed E-state index contributed by atoms with van der Waals surface area (Å²) in [4.78, 5) is 4.50. The molecule has 9 heteroatoms. The number of aromatic nitrogens is 3. The van der Waals surface area contributed by atoms with Crippen LogP contribution >= 0.6 is 11.3 Å². The molecule has 128 valence electrons. The van der Waals surface area contributed by atoms with Gasteiger partial charge < -0.3 is 13.9 Å². The van der Waals surface area contributed by atoms with Gasteiger partial charge in [-0.3, -0.25) is 0 Å². The summed E-state index contributed by atoms with van der Waals surface area (Å²) < 4.78 is 42.1. The molecule has 0 spiro atoms. The first kappa shape index (κ1) is 14.8. The van der Waals surface area contributed by atoms with Crippen LogP contribution in [0.25, 0.3) is 22.2 Å². The number of alkyl halides is 2. The van der Waals surface area contributed by atoms with Crippen LogP contribution in [0.3, 0.4) is 0 Å². The number of fused-ring (bicyclic) bond motifs is 1. The molecular weight excluding hydrogens is 352 g/mol. The number of hydrogen-bond donors (Lipinski definition) is 0. The summed E-state index contributed by atoms with van der Waals surface area (Å²) in [6.45, 7) is 0.215. The standard InChI is InChI=1S/C16H11F2N3O3S/c17-16(18)4-9(5-16)13-20-21-14(24-13)10-6-25-15(19-10)8-1-2-11-12(3-8)23-7-22-11/h1-3,6,9H,4-5,7H2. The fourth-order valence-corrected chi connectivity index (χ4v) is 3.66. The van der Waals surface area contributed by atoms with E-state index in [0.717, 1.165) is 10.6 Å². The molecule has 3 aromatic rings. The van der Waals surface area contributed by atoms with Gasteiger partial charge in [-0.1, -0.05) is 0 Å². The number of halogens is 2. The Hall–Kier alpha value is -2.55. The lowest BCUT2D eigenvalue weighted by Gasteiger charge is -2.32. The van der Waals surface area contributed by atoms with Crippen LogP contribution in [-0.2, 0) is 0 Å². The first-order valence-corrected chi connectivity index (χ1v) is 8.52. The van der Waals surface area contributed by atoms with Gasteiger partial charge in [-0.15, -0.1) is 21.5 Å². The Balaban J connectivity index is 1.39. The maximum Gasteiger partial charge on any atom is 0.267 e. The summed E-state index contributed by atoms with van der Waals surface area (Å²) >= 11 is 1.42. The molecule has 0 N–H and O–H groups in total. The molecule has 2 aromatic heterocycles. The average Bonchev–Trinajstić information content (AvgIpc) is 3.30. The fourth-order valence-electron chi connectivity index (χ4n) is 2.87. The Bertz CT molecular complexity index is 948. The summed E-state index contributed by atoms with van der Waals surface area (Å²) in [6.07, 6.45) is -0.484. The van der Waals surface area contributed by atoms with Crippen molar-refractivity contribution in [3.05, 3.63) is 29.5 Å². The number of thiazole rings is 1. The van der Waals surface area contributed by atoms with Gasteiger partial charge in [0.2, 0.25) is 18.6 Å². The van der Waals surface area contributed by atoms with E-state index in [9.17, 15) is 8.78 Å². The highest BCUT2D eigenvalue weighted by Gasteiger charge is 2.48. The molecule has 0 bridgehead atoms. The topological polar surface area (TPSA) is 70.3 Å². The third-order valence-corrected chi connectivity index (χ3v) is 5.11. The minimum atomic E-state index is -2.62. The van der Waals surface area contributed by atoms with Crippen LogP contribution in [0.1, 0.15) is 24.7 Å². The van der Waals surface area contributed by atoms with Crippen LogP contribution in [0.2, 0.25) is 0 Å². The van der Waals surface area contributed by atoms with E-state index in [-0.39, 0.29) is 37.3 Å². The Morgan fingerprint density at radius 2 is 1.96 bits per heavy atom. The number of nitrogens with zero attached hydrogens (tertiary/aromatic N) is 3. The van der Waals surface area contributed by atoms with Crippen molar-refractivity contribution in [3.63, 3.8) is 0 Å². The summed E-state index contributed by atoms with van der Waals surface area (Å²) in [5, 5.41) is 10.4. The largest absolute Gasteiger partial charge is 0.454 e. The normalized spacial score (nSPS) is 18.3. The summed E-state index contributed by atoms with van der Waals surface area (Å²) in [5.41, 5.74) is 1.42. The molecule has 1 aliphatic heterocycles. The third-order valence-electron chi connectivity index (χ3n) is 4.22. The van der Waals surface area contributed by atoms with Crippen molar-refractivity contribution in [2.75, 3.05) is 6.79 Å². The Morgan fingerprint density at radius 3 is 2.80 bits per heavy atom. The second-order valence-electron chi connectivity index (χ2n) is 6.01. The predicted octanol–water partition coefficient (Wildman–Crippen LogP) is 4.10. The molecule has 1 fully saturated rings. The second-order valence-corrected chi connectivity index (χ2v) is 6.87. The van der Waals surface area contributed by atoms with Gasteiger partial charge in [-0.25, -0.2) is 13.8 Å². The van der Waals surface area contributed by atoms with Crippen molar-refractivity contribution in [1.82, 2.24) is 15.2 Å². The van der Waals surface area contributed by atoms with Crippen LogP contribution in [0.15, 0.2) is 28.0 Å². The zero-order valence-corrected chi connectivity index (χ0v) is 13.6. The van der Waals surface area contributed by atoms with Gasteiger partial charge in [0.25, 0.3) is 5.89 Å². The molecule has 1 aromatic carbocycles. The van der Waals surface area contributed by atoms with Crippen molar-refractivity contribution < 1.29 is 22.7 Å². The van der Waals surface area contributed by atoms with Crippen molar-refractivity contribution in [1.29, 1.82) is 0 Å². The van der Waals surface area contributed by atoms with E-state index in [1.807, 2.05) is 18.2 Å². The van der Waals surface area contributed by atoms with E-state index in [4.69, 9.17) is 13.9 Å². The predicted molar refractivity (Wildman–Crippen MR) is 83.9 cm³/mol. The summed E-state index contributed by atoms with van der Waals surface area (Å²) in [7, 11) is 0. The Labute approximate surface area is 144 Å². The van der Waals surface area contributed by atoms with Crippen LogP contribution in [0.5, 0.6) is 11.5 Å². The highest BCUT2D eigenvalue weighted by atomic mass is 32.1. The first-order valence-electron chi connectivity index (χ1n) is 7.65. The molecule has 25 heavy (non-hydrogen) atoms. The zero-order chi connectivity index (χ0) is 17.0. The van der Waals surface area contributed by atoms with Crippen LogP contribution < -0.4 is 9.47 Å². The fraction of sp³-hybridized carbons (Fsp3) is 0.312. The molecule has 6 nitrogen and oxygen atoms in total. The lowest BCUT2D eigenvalue weighted by molar-refractivity contribution is -0.0917. The molecule has 0 amide bonds. The van der Waals surface area contributed by atoms with E-state index in [1.165, 1.54) is 11.3 Å². The van der Waals surface area contributed by atoms with Gasteiger partial charge >= 0.3 is 0 Å². The SMILES string of the molecule is FC1(F)CC(c2nnc(-c3csc(-c4ccc5c(c4)OCO5)n3)o2)C1. The Kier molecular flexibility index (Phi) is 3.08. The number of benzene rings is 1. The molecule has 0 atom stereocenters. The third kappa shape index (κ3) is 2.55. The molecule has 1 aliphatic carbocycles. The number of hydrogen-bond acceptors (Lipinski definition) is 7. The first-order chi connectivity index (χ1) is 12.1. The number of rotatable bonds is 3. The van der Waals surface area contributed by atoms with Crippen LogP contribution in [-0.4, -0.2) is 27.9 Å². The summed E-state index contributed by atoms with van der Waals surface area (Å²) in [5.74, 6) is -1.11. The maximum atomic E-state index is 13.0. The van der Waals surface area contributed by atoms with E-state index in [0.29, 0.717) is 17.2 Å². The molecule has 0 saturated heterocycles. The van der Waals surface area contributed by atoms with Gasteiger partial charge in [0.05, 0.1) is 0 Å². The average molecular weight is 363 g/mol. The highest BCUT2D eigenvalue weighted by Crippen LogP contribution is 2.48. The van der Waals surface area contributed by atoms with E-state index >= 15 is 0 Å². The molecule has 2 aliphatic rings. The quantitative estimate of drug-likeness (QED) is 0.698. The van der Waals surface area contributed by atoms with Crippen molar-refractivity contribution in [3.8, 4) is 33.7 Å². The zero-order valence-electron chi connectivity index (χ0n) is 12.7. The Morgan fingerprint density at radius 1 is 1.12 bits per heavy atom. The smallest absolute Gasteiger partial charge is 0.267 e.